The first-order valence-electron chi connectivity index (χ1n) is 14.3. The number of hydrogen-bond donors (Lipinski definition) is 7. The van der Waals surface area contributed by atoms with Crippen molar-refractivity contribution in [2.24, 2.45) is 0 Å². The molecule has 0 amide bonds. The average Bonchev–Trinajstić information content (AvgIpc) is 2.87. The predicted octanol–water partition coefficient (Wildman–Crippen LogP) is 4.04. The Morgan fingerprint density at radius 2 is 0.865 bits per heavy atom. The first-order valence-corrected chi connectivity index (χ1v) is 14.3. The predicted molar refractivity (Wildman–Crippen MR) is 150 cm³/mol. The minimum Gasteiger partial charge on any atom is -0.481 e. The van der Waals surface area contributed by atoms with Gasteiger partial charge in [0.15, 0.2) is 0 Å². The molecule has 7 N–H and O–H groups in total. The fourth-order valence-electron chi connectivity index (χ4n) is 2.88. The van der Waals surface area contributed by atoms with Crippen LogP contribution in [0.15, 0.2) is 0 Å². The van der Waals surface area contributed by atoms with E-state index in [1.54, 1.807) is 0 Å². The average molecular weight is 543 g/mol. The van der Waals surface area contributed by atoms with Crippen LogP contribution in [0.1, 0.15) is 124 Å². The lowest BCUT2D eigenvalue weighted by atomic mass is 10.0. The highest BCUT2D eigenvalue weighted by Gasteiger charge is 1.97. The largest absolute Gasteiger partial charge is 0.481 e. The van der Waals surface area contributed by atoms with E-state index in [0.29, 0.717) is 19.6 Å². The quantitative estimate of drug-likeness (QED) is 0.0998. The van der Waals surface area contributed by atoms with Gasteiger partial charge in [-0.15, -0.1) is 0 Å². The molecule has 0 aromatic carbocycles. The number of carbonyl (C=O) groups is 1. The van der Waals surface area contributed by atoms with Gasteiger partial charge in [0.1, 0.15) is 0 Å². The fraction of sp³-hybridized carbons (Fsp3) is 0.964. The third kappa shape index (κ3) is 66.2. The van der Waals surface area contributed by atoms with Crippen molar-refractivity contribution in [2.75, 3.05) is 39.6 Å². The van der Waals surface area contributed by atoms with Crippen molar-refractivity contribution >= 4 is 5.97 Å². The van der Waals surface area contributed by atoms with Gasteiger partial charge in [0, 0.05) is 6.42 Å². The first kappa shape index (κ1) is 43.2. The van der Waals surface area contributed by atoms with E-state index in [9.17, 15) is 4.79 Å². The minimum absolute atomic E-state index is 0.0278. The third-order valence-corrected chi connectivity index (χ3v) is 4.99. The van der Waals surface area contributed by atoms with Crippen molar-refractivity contribution in [1.82, 2.24) is 0 Å². The standard InChI is InChI=1S/C18H36O2.C4H10O3.2C3H8O2/c1-2-3-4-5-6-7-8-9-10-11-12-13-14-15-16-17-18(19)20;5-1-3-7-4-2-6;2*1-3(5)2-4/h2-17H2,1H3,(H,19,20);5-6H,1-4H2;2*3-5H,2H2,1H3. The maximum absolute atomic E-state index is 10.3. The van der Waals surface area contributed by atoms with Gasteiger partial charge in [-0.2, -0.15) is 0 Å². The Labute approximate surface area is 226 Å². The number of carboxylic acids is 1. The summed E-state index contributed by atoms with van der Waals surface area (Å²) in [6, 6.07) is 0. The van der Waals surface area contributed by atoms with Crippen molar-refractivity contribution in [3.8, 4) is 0 Å². The zero-order valence-electron chi connectivity index (χ0n) is 24.2. The highest BCUT2D eigenvalue weighted by molar-refractivity contribution is 5.66. The Kier molecular flexibility index (Phi) is 49.4. The summed E-state index contributed by atoms with van der Waals surface area (Å²) in [4.78, 5) is 10.3. The fourth-order valence-corrected chi connectivity index (χ4v) is 2.88. The van der Waals surface area contributed by atoms with Crippen LogP contribution in [-0.4, -0.2) is 93.6 Å². The number of aliphatic hydroxyl groups excluding tert-OH is 6. The molecule has 0 saturated heterocycles. The van der Waals surface area contributed by atoms with Crippen LogP contribution in [0.2, 0.25) is 0 Å². The van der Waals surface area contributed by atoms with E-state index in [4.69, 9.17) is 35.7 Å². The van der Waals surface area contributed by atoms with E-state index in [2.05, 4.69) is 11.7 Å². The molecular weight excluding hydrogens is 480 g/mol. The van der Waals surface area contributed by atoms with E-state index in [1.807, 2.05) is 0 Å². The second kappa shape index (κ2) is 42.3. The molecule has 2 unspecified atom stereocenters. The van der Waals surface area contributed by atoms with Crippen LogP contribution < -0.4 is 0 Å². The zero-order chi connectivity index (χ0) is 29.0. The molecule has 9 heteroatoms. The molecule has 2 atom stereocenters. The Morgan fingerprint density at radius 3 is 1.08 bits per heavy atom. The molecule has 0 aliphatic heterocycles. The molecule has 228 valence electrons. The van der Waals surface area contributed by atoms with Crippen molar-refractivity contribution in [1.29, 1.82) is 0 Å². The van der Waals surface area contributed by atoms with E-state index < -0.39 is 18.2 Å². The summed E-state index contributed by atoms with van der Waals surface area (Å²) >= 11 is 0. The topological polar surface area (TPSA) is 168 Å². The van der Waals surface area contributed by atoms with Gasteiger partial charge in [-0.05, 0) is 20.3 Å². The van der Waals surface area contributed by atoms with E-state index >= 15 is 0 Å². The Bertz CT molecular complexity index is 369. The monoisotopic (exact) mass is 542 g/mol. The van der Waals surface area contributed by atoms with Gasteiger partial charge in [-0.1, -0.05) is 96.8 Å². The third-order valence-electron chi connectivity index (χ3n) is 4.99. The molecule has 0 bridgehead atoms. The summed E-state index contributed by atoms with van der Waals surface area (Å²) in [7, 11) is 0. The number of aliphatic carboxylic acids is 1. The second-order valence-electron chi connectivity index (χ2n) is 9.22. The van der Waals surface area contributed by atoms with Crippen molar-refractivity contribution in [2.45, 2.75) is 136 Å². The summed E-state index contributed by atoms with van der Waals surface area (Å²) < 4.78 is 4.63. The molecule has 0 saturated carbocycles. The van der Waals surface area contributed by atoms with Crippen molar-refractivity contribution in [3.05, 3.63) is 0 Å². The zero-order valence-corrected chi connectivity index (χ0v) is 24.2. The lowest BCUT2D eigenvalue weighted by Gasteiger charge is -2.03. The SMILES string of the molecule is CC(O)CO.CC(O)CO.CCCCCCCCCCCCCCCCCC(=O)O.OCCOCCO. The van der Waals surface area contributed by atoms with Crippen LogP contribution in [0.25, 0.3) is 0 Å². The van der Waals surface area contributed by atoms with E-state index in [0.717, 1.165) is 12.8 Å². The Morgan fingerprint density at radius 1 is 0.595 bits per heavy atom. The van der Waals surface area contributed by atoms with Crippen molar-refractivity contribution in [3.63, 3.8) is 0 Å². The van der Waals surface area contributed by atoms with Crippen LogP contribution in [0.4, 0.5) is 0 Å². The minimum atomic E-state index is -0.653. The van der Waals surface area contributed by atoms with Crippen LogP contribution in [0.5, 0.6) is 0 Å². The van der Waals surface area contributed by atoms with Gasteiger partial charge in [0.25, 0.3) is 0 Å². The normalized spacial score (nSPS) is 11.7. The summed E-state index contributed by atoms with van der Waals surface area (Å²) in [6.45, 7) is 5.74. The van der Waals surface area contributed by atoms with Crippen molar-refractivity contribution < 1.29 is 45.3 Å². The highest BCUT2D eigenvalue weighted by Crippen LogP contribution is 2.13. The smallest absolute Gasteiger partial charge is 0.303 e. The lowest BCUT2D eigenvalue weighted by Crippen LogP contribution is -2.03. The molecule has 0 radical (unpaired) electrons. The summed E-state index contributed by atoms with van der Waals surface area (Å²) in [6.07, 6.45) is 19.1. The number of carboxylic acid groups (broad SMARTS) is 1. The summed E-state index contributed by atoms with van der Waals surface area (Å²) in [5.74, 6) is -0.653. The van der Waals surface area contributed by atoms with Crippen LogP contribution in [0, 0.1) is 0 Å². The molecule has 0 aromatic rings. The van der Waals surface area contributed by atoms with Crippen LogP contribution >= 0.6 is 0 Å². The summed E-state index contributed by atoms with van der Waals surface area (Å²) in [5.41, 5.74) is 0. The Balaban J connectivity index is -0.000000259. The molecule has 0 aromatic heterocycles. The van der Waals surface area contributed by atoms with Crippen LogP contribution in [0.3, 0.4) is 0 Å². The van der Waals surface area contributed by atoms with Gasteiger partial charge in [-0.25, -0.2) is 0 Å². The number of unbranched alkanes of at least 4 members (excludes halogenated alkanes) is 14. The lowest BCUT2D eigenvalue weighted by molar-refractivity contribution is -0.137. The van der Waals surface area contributed by atoms with Gasteiger partial charge in [0.05, 0.1) is 51.8 Å². The Hall–Kier alpha value is -0.810. The highest BCUT2D eigenvalue weighted by atomic mass is 16.5. The van der Waals surface area contributed by atoms with Gasteiger partial charge < -0.3 is 40.5 Å². The number of aliphatic hydroxyl groups is 6. The van der Waals surface area contributed by atoms with Gasteiger partial charge in [-0.3, -0.25) is 4.79 Å². The van der Waals surface area contributed by atoms with Gasteiger partial charge >= 0.3 is 5.97 Å². The number of hydrogen-bond acceptors (Lipinski definition) is 8. The molecule has 9 nitrogen and oxygen atoms in total. The van der Waals surface area contributed by atoms with Gasteiger partial charge in [0.2, 0.25) is 0 Å². The number of rotatable bonds is 22. The molecule has 0 aliphatic rings. The molecule has 37 heavy (non-hydrogen) atoms. The molecule has 0 rings (SSSR count). The summed E-state index contributed by atoms with van der Waals surface area (Å²) in [5, 5.41) is 56.7. The molecule has 0 heterocycles. The number of ether oxygens (including phenoxy) is 1. The molecule has 0 fully saturated rings. The molecule has 0 aliphatic carbocycles. The maximum Gasteiger partial charge on any atom is 0.303 e. The molecule has 0 spiro atoms. The molecular formula is C28H62O9. The van der Waals surface area contributed by atoms with E-state index in [-0.39, 0.29) is 26.4 Å². The van der Waals surface area contributed by atoms with E-state index in [1.165, 1.54) is 97.3 Å². The second-order valence-corrected chi connectivity index (χ2v) is 9.22. The first-order chi connectivity index (χ1) is 17.7. The maximum atomic E-state index is 10.3. The van der Waals surface area contributed by atoms with Crippen LogP contribution in [-0.2, 0) is 9.53 Å².